The van der Waals surface area contributed by atoms with Crippen LogP contribution in [0.5, 0.6) is 5.75 Å². The van der Waals surface area contributed by atoms with Crippen molar-refractivity contribution in [3.8, 4) is 16.3 Å². The van der Waals surface area contributed by atoms with Crippen molar-refractivity contribution in [3.05, 3.63) is 34.8 Å². The lowest BCUT2D eigenvalue weighted by atomic mass is 10.2. The molecule has 0 spiro atoms. The Balaban J connectivity index is 2.49. The Morgan fingerprint density at radius 2 is 2.11 bits per heavy atom. The van der Waals surface area contributed by atoms with Crippen LogP contribution in [-0.4, -0.2) is 25.0 Å². The summed E-state index contributed by atoms with van der Waals surface area (Å²) in [6.45, 7) is 1.83. The molecule has 0 aliphatic carbocycles. The smallest absolute Gasteiger partial charge is 0.263 e. The largest absolute Gasteiger partial charge is 0.496 e. The van der Waals surface area contributed by atoms with Crippen molar-refractivity contribution in [1.82, 2.24) is 10.3 Å². The number of thiazole rings is 1. The molecule has 0 aliphatic heterocycles. The van der Waals surface area contributed by atoms with Crippen molar-refractivity contribution in [2.45, 2.75) is 6.92 Å². The van der Waals surface area contributed by atoms with Gasteiger partial charge in [-0.25, -0.2) is 4.98 Å². The maximum atomic E-state index is 11.7. The molecule has 1 aromatic carbocycles. The van der Waals surface area contributed by atoms with Crippen LogP contribution < -0.4 is 10.1 Å². The summed E-state index contributed by atoms with van der Waals surface area (Å²) in [6, 6.07) is 7.65. The highest BCUT2D eigenvalue weighted by molar-refractivity contribution is 7.17. The number of aryl methyl sites for hydroxylation is 1. The van der Waals surface area contributed by atoms with E-state index in [4.69, 9.17) is 4.74 Å². The van der Waals surface area contributed by atoms with Crippen LogP contribution in [-0.2, 0) is 0 Å². The van der Waals surface area contributed by atoms with Gasteiger partial charge in [0.2, 0.25) is 0 Å². The van der Waals surface area contributed by atoms with E-state index in [0.717, 1.165) is 22.0 Å². The van der Waals surface area contributed by atoms with Crippen LogP contribution in [0.15, 0.2) is 24.3 Å². The Morgan fingerprint density at radius 1 is 1.39 bits per heavy atom. The topological polar surface area (TPSA) is 51.2 Å². The highest BCUT2D eigenvalue weighted by Gasteiger charge is 2.16. The number of para-hydroxylation sites is 1. The summed E-state index contributed by atoms with van der Waals surface area (Å²) in [5.74, 6) is 0.654. The molecule has 0 radical (unpaired) electrons. The first-order chi connectivity index (χ1) is 8.67. The highest BCUT2D eigenvalue weighted by Crippen LogP contribution is 2.34. The molecule has 1 amide bonds. The molecule has 0 unspecified atom stereocenters. The van der Waals surface area contributed by atoms with E-state index in [9.17, 15) is 4.79 Å². The van der Waals surface area contributed by atoms with E-state index in [1.807, 2.05) is 31.2 Å². The molecule has 0 fully saturated rings. The molecule has 0 saturated carbocycles. The molecule has 0 atom stereocenters. The second-order valence-corrected chi connectivity index (χ2v) is 4.71. The van der Waals surface area contributed by atoms with Crippen molar-refractivity contribution in [2.75, 3.05) is 14.2 Å². The van der Waals surface area contributed by atoms with Crippen molar-refractivity contribution >= 4 is 17.2 Å². The van der Waals surface area contributed by atoms with E-state index in [1.54, 1.807) is 14.2 Å². The van der Waals surface area contributed by atoms with E-state index in [1.165, 1.54) is 11.3 Å². The Kier molecular flexibility index (Phi) is 3.62. The maximum absolute atomic E-state index is 11.7. The van der Waals surface area contributed by atoms with Gasteiger partial charge in [-0.2, -0.15) is 0 Å². The zero-order valence-electron chi connectivity index (χ0n) is 10.5. The van der Waals surface area contributed by atoms with E-state index < -0.39 is 0 Å². The number of aromatic nitrogens is 1. The maximum Gasteiger partial charge on any atom is 0.263 e. The van der Waals surface area contributed by atoms with Crippen LogP contribution in [0.25, 0.3) is 10.6 Å². The van der Waals surface area contributed by atoms with Crippen LogP contribution in [0.2, 0.25) is 0 Å². The van der Waals surface area contributed by atoms with Gasteiger partial charge >= 0.3 is 0 Å². The number of amides is 1. The zero-order valence-corrected chi connectivity index (χ0v) is 11.3. The number of rotatable bonds is 3. The third kappa shape index (κ3) is 2.22. The second kappa shape index (κ2) is 5.18. The highest BCUT2D eigenvalue weighted by atomic mass is 32.1. The normalized spacial score (nSPS) is 10.2. The molecule has 0 saturated heterocycles. The van der Waals surface area contributed by atoms with E-state index >= 15 is 0 Å². The quantitative estimate of drug-likeness (QED) is 0.924. The number of benzene rings is 1. The molecule has 1 heterocycles. The van der Waals surface area contributed by atoms with Crippen LogP contribution in [0.3, 0.4) is 0 Å². The number of carbonyl (C=O) groups excluding carboxylic acids is 1. The summed E-state index contributed by atoms with van der Waals surface area (Å²) in [5, 5.41) is 3.41. The first-order valence-corrected chi connectivity index (χ1v) is 6.32. The van der Waals surface area contributed by atoms with Gasteiger partial charge in [-0.1, -0.05) is 12.1 Å². The Bertz CT molecular complexity index is 578. The molecule has 1 N–H and O–H groups in total. The number of nitrogens with one attached hydrogen (secondary N) is 1. The van der Waals surface area contributed by atoms with E-state index in [2.05, 4.69) is 10.3 Å². The fourth-order valence-corrected chi connectivity index (χ4v) is 2.70. The average molecular weight is 262 g/mol. The molecule has 18 heavy (non-hydrogen) atoms. The predicted molar refractivity (Wildman–Crippen MR) is 72.2 cm³/mol. The van der Waals surface area contributed by atoms with Crippen molar-refractivity contribution in [3.63, 3.8) is 0 Å². The van der Waals surface area contributed by atoms with Crippen molar-refractivity contribution in [1.29, 1.82) is 0 Å². The van der Waals surface area contributed by atoms with E-state index in [-0.39, 0.29) is 5.91 Å². The van der Waals surface area contributed by atoms with Crippen LogP contribution in [0.1, 0.15) is 15.4 Å². The lowest BCUT2D eigenvalue weighted by molar-refractivity contribution is 0.0966. The molecule has 2 rings (SSSR count). The molecule has 2 aromatic rings. The van der Waals surface area contributed by atoms with Crippen molar-refractivity contribution < 1.29 is 9.53 Å². The van der Waals surface area contributed by atoms with Gasteiger partial charge in [0, 0.05) is 7.05 Å². The molecule has 0 bridgehead atoms. The fraction of sp³-hybridized carbons (Fsp3) is 0.231. The number of methoxy groups -OCH3 is 1. The minimum absolute atomic E-state index is 0.105. The summed E-state index contributed by atoms with van der Waals surface area (Å²) in [7, 11) is 3.24. The van der Waals surface area contributed by atoms with Crippen molar-refractivity contribution in [2.24, 2.45) is 0 Å². The molecule has 94 valence electrons. The molecule has 1 aromatic heterocycles. The van der Waals surface area contributed by atoms with Crippen LogP contribution >= 0.6 is 11.3 Å². The molecular formula is C13H14N2O2S. The lowest BCUT2D eigenvalue weighted by Gasteiger charge is -2.04. The Morgan fingerprint density at radius 3 is 2.78 bits per heavy atom. The first kappa shape index (κ1) is 12.6. The van der Waals surface area contributed by atoms with Gasteiger partial charge in [-0.3, -0.25) is 4.79 Å². The third-order valence-corrected chi connectivity index (χ3v) is 3.76. The minimum atomic E-state index is -0.105. The summed E-state index contributed by atoms with van der Waals surface area (Å²) in [5.41, 5.74) is 1.64. The summed E-state index contributed by atoms with van der Waals surface area (Å²) in [6.07, 6.45) is 0. The number of hydrogen-bond acceptors (Lipinski definition) is 4. The zero-order chi connectivity index (χ0) is 13.1. The van der Waals surface area contributed by atoms with Gasteiger partial charge in [0.25, 0.3) is 5.91 Å². The van der Waals surface area contributed by atoms with Gasteiger partial charge in [0.05, 0.1) is 18.4 Å². The molecule has 4 nitrogen and oxygen atoms in total. The fourth-order valence-electron chi connectivity index (χ4n) is 1.66. The van der Waals surface area contributed by atoms with E-state index in [0.29, 0.717) is 4.88 Å². The van der Waals surface area contributed by atoms with Gasteiger partial charge in [0.15, 0.2) is 0 Å². The van der Waals surface area contributed by atoms with Crippen LogP contribution in [0, 0.1) is 6.92 Å². The number of hydrogen-bond donors (Lipinski definition) is 1. The van der Waals surface area contributed by atoms with Gasteiger partial charge < -0.3 is 10.1 Å². The third-order valence-electron chi connectivity index (χ3n) is 2.57. The Hall–Kier alpha value is -1.88. The number of ether oxygens (including phenoxy) is 1. The first-order valence-electron chi connectivity index (χ1n) is 5.50. The average Bonchev–Trinajstić information content (AvgIpc) is 2.79. The molecular weight excluding hydrogens is 248 g/mol. The second-order valence-electron chi connectivity index (χ2n) is 3.71. The van der Waals surface area contributed by atoms with Crippen LogP contribution in [0.4, 0.5) is 0 Å². The monoisotopic (exact) mass is 262 g/mol. The molecule has 5 heteroatoms. The number of carbonyl (C=O) groups is 1. The predicted octanol–water partition coefficient (Wildman–Crippen LogP) is 2.49. The summed E-state index contributed by atoms with van der Waals surface area (Å²) < 4.78 is 5.30. The van der Waals surface area contributed by atoms with Gasteiger partial charge in [-0.15, -0.1) is 11.3 Å². The van der Waals surface area contributed by atoms with Gasteiger partial charge in [-0.05, 0) is 19.1 Å². The van der Waals surface area contributed by atoms with Gasteiger partial charge in [0.1, 0.15) is 15.6 Å². The SMILES string of the molecule is CNC(=O)c1sc(-c2ccccc2OC)nc1C. The minimum Gasteiger partial charge on any atom is -0.496 e. The standard InChI is InChI=1S/C13H14N2O2S/c1-8-11(12(16)14-2)18-13(15-8)9-6-4-5-7-10(9)17-3/h4-7H,1-3H3,(H,14,16). The summed E-state index contributed by atoms with van der Waals surface area (Å²) >= 11 is 1.37. The summed E-state index contributed by atoms with van der Waals surface area (Å²) in [4.78, 5) is 16.7. The lowest BCUT2D eigenvalue weighted by Crippen LogP contribution is -2.17. The number of nitrogens with zero attached hydrogens (tertiary/aromatic N) is 1. The Labute approximate surface area is 110 Å². The molecule has 0 aliphatic rings.